The molecule has 0 saturated carbocycles. The first-order chi connectivity index (χ1) is 24.2. The Labute approximate surface area is 283 Å². The Kier molecular flexibility index (Phi) is 7.09. The van der Waals surface area contributed by atoms with E-state index in [0.717, 1.165) is 55.3 Å². The van der Waals surface area contributed by atoms with Crippen molar-refractivity contribution < 1.29 is 9.15 Å². The van der Waals surface area contributed by atoms with Crippen molar-refractivity contribution in [3.63, 3.8) is 0 Å². The third-order valence-electron chi connectivity index (χ3n) is 9.32. The summed E-state index contributed by atoms with van der Waals surface area (Å²) < 4.78 is 12.6. The van der Waals surface area contributed by atoms with Gasteiger partial charge >= 0.3 is 0 Å². The second-order valence-corrected chi connectivity index (χ2v) is 12.4. The summed E-state index contributed by atoms with van der Waals surface area (Å²) in [5.74, 6) is 3.11. The first-order valence-electron chi connectivity index (χ1n) is 16.5. The van der Waals surface area contributed by atoms with Crippen molar-refractivity contribution in [3.8, 4) is 34.2 Å². The average molecular weight is 634 g/mol. The van der Waals surface area contributed by atoms with Gasteiger partial charge in [0.05, 0.1) is 0 Å². The zero-order valence-electron chi connectivity index (χ0n) is 26.8. The Morgan fingerprint density at radius 1 is 0.612 bits per heavy atom. The van der Waals surface area contributed by atoms with Crippen LogP contribution in [0.1, 0.15) is 12.5 Å². The number of nitrogens with zero attached hydrogens (tertiary/aromatic N) is 3. The van der Waals surface area contributed by atoms with E-state index in [4.69, 9.17) is 24.1 Å². The van der Waals surface area contributed by atoms with Gasteiger partial charge in [0.2, 0.25) is 0 Å². The summed E-state index contributed by atoms with van der Waals surface area (Å²) in [7, 11) is 0. The molecule has 0 spiro atoms. The number of furan rings is 1. The minimum Gasteiger partial charge on any atom is -0.485 e. The lowest BCUT2D eigenvalue weighted by molar-refractivity contribution is 0.173. The third-order valence-corrected chi connectivity index (χ3v) is 9.32. The second kappa shape index (κ2) is 12.0. The predicted octanol–water partition coefficient (Wildman–Crippen LogP) is 10.9. The van der Waals surface area contributed by atoms with Gasteiger partial charge in [0.25, 0.3) is 0 Å². The maximum absolute atomic E-state index is 6.43. The molecule has 7 aromatic rings. The van der Waals surface area contributed by atoms with Gasteiger partial charge in [-0.25, -0.2) is 15.0 Å². The van der Waals surface area contributed by atoms with Crippen LogP contribution in [-0.4, -0.2) is 21.1 Å². The zero-order valence-corrected chi connectivity index (χ0v) is 26.8. The monoisotopic (exact) mass is 633 g/mol. The van der Waals surface area contributed by atoms with Crippen LogP contribution < -0.4 is 0 Å². The fourth-order valence-corrected chi connectivity index (χ4v) is 6.78. The molecule has 2 atom stereocenters. The summed E-state index contributed by atoms with van der Waals surface area (Å²) in [6, 6.07) is 37.1. The van der Waals surface area contributed by atoms with E-state index in [-0.39, 0.29) is 6.10 Å². The van der Waals surface area contributed by atoms with Crippen molar-refractivity contribution in [2.75, 3.05) is 0 Å². The summed E-state index contributed by atoms with van der Waals surface area (Å²) in [4.78, 5) is 15.0. The molecule has 9 rings (SSSR count). The zero-order chi connectivity index (χ0) is 32.7. The lowest BCUT2D eigenvalue weighted by Crippen LogP contribution is -2.14. The van der Waals surface area contributed by atoms with Crippen LogP contribution in [0.2, 0.25) is 0 Å². The normalized spacial score (nSPS) is 17.2. The van der Waals surface area contributed by atoms with E-state index in [2.05, 4.69) is 91.9 Å². The maximum Gasteiger partial charge on any atom is 0.164 e. The lowest BCUT2D eigenvalue weighted by atomic mass is 9.92. The quantitative estimate of drug-likeness (QED) is 0.171. The minimum absolute atomic E-state index is 0.0989. The first kappa shape index (κ1) is 28.9. The molecule has 5 heteroatoms. The molecular formula is C44H31N3O2. The molecule has 0 saturated heterocycles. The molecule has 0 bridgehead atoms. The number of allylic oxidation sites excluding steroid dienone is 5. The van der Waals surface area contributed by atoms with Crippen molar-refractivity contribution in [2.45, 2.75) is 13.0 Å². The van der Waals surface area contributed by atoms with Crippen LogP contribution in [0.4, 0.5) is 0 Å². The summed E-state index contributed by atoms with van der Waals surface area (Å²) >= 11 is 0. The van der Waals surface area contributed by atoms with Crippen molar-refractivity contribution in [1.29, 1.82) is 0 Å². The second-order valence-electron chi connectivity index (χ2n) is 12.4. The SMILES string of the molecule is CC1=C(/C=C\C=C\c2ccc3c(c2)oc2cccc(-c4nc(-c5ccccc5)nc(-c5ccc6ccccc6c5)n4)c23)OC2C=CC=CC12. The standard InChI is InChI=1S/C44H31N3O2/c1-28-34-17-8-10-20-38(34)48-37(28)19-9-5-12-29-22-25-35-40(26-29)49-39-21-11-18-36(41(35)39)44-46-42(31-14-3-2-4-15-31)45-43(47-44)33-24-23-30-13-6-7-16-32(30)27-33/h2-27,34,38H,1H3/b12-5+,19-9-. The van der Waals surface area contributed by atoms with Crippen LogP contribution in [0.5, 0.6) is 0 Å². The number of hydrogen-bond donors (Lipinski definition) is 0. The largest absolute Gasteiger partial charge is 0.485 e. The van der Waals surface area contributed by atoms with Crippen molar-refractivity contribution in [1.82, 2.24) is 15.0 Å². The molecule has 2 unspecified atom stereocenters. The Bertz CT molecular complexity index is 2550. The molecule has 1 aliphatic heterocycles. The van der Waals surface area contributed by atoms with Crippen LogP contribution in [-0.2, 0) is 4.74 Å². The molecule has 0 N–H and O–H groups in total. The Hall–Kier alpha value is -6.33. The van der Waals surface area contributed by atoms with E-state index in [1.165, 1.54) is 11.0 Å². The molecule has 0 amide bonds. The molecule has 49 heavy (non-hydrogen) atoms. The number of benzene rings is 5. The number of aromatic nitrogens is 3. The molecule has 0 radical (unpaired) electrons. The molecule has 2 aromatic heterocycles. The van der Waals surface area contributed by atoms with E-state index in [1.54, 1.807) is 0 Å². The molecule has 5 nitrogen and oxygen atoms in total. The molecule has 1 aliphatic carbocycles. The number of fused-ring (bicyclic) bond motifs is 5. The Balaban J connectivity index is 1.09. The van der Waals surface area contributed by atoms with Gasteiger partial charge in [-0.15, -0.1) is 0 Å². The number of hydrogen-bond acceptors (Lipinski definition) is 5. The van der Waals surface area contributed by atoms with Crippen LogP contribution >= 0.6 is 0 Å². The highest BCUT2D eigenvalue weighted by atomic mass is 16.5. The summed E-state index contributed by atoms with van der Waals surface area (Å²) in [5, 5.41) is 4.30. The number of ether oxygens (including phenoxy) is 1. The molecule has 234 valence electrons. The van der Waals surface area contributed by atoms with Gasteiger partial charge in [0.15, 0.2) is 17.5 Å². The Morgan fingerprint density at radius 3 is 2.27 bits per heavy atom. The smallest absolute Gasteiger partial charge is 0.164 e. The summed E-state index contributed by atoms with van der Waals surface area (Å²) in [5.41, 5.74) is 6.66. The molecule has 2 aliphatic rings. The van der Waals surface area contributed by atoms with Gasteiger partial charge in [0, 0.05) is 33.4 Å². The summed E-state index contributed by atoms with van der Waals surface area (Å²) in [6.07, 6.45) is 16.8. The fraction of sp³-hybridized carbons (Fsp3) is 0.0682. The van der Waals surface area contributed by atoms with E-state index in [9.17, 15) is 0 Å². The molecule has 5 aromatic carbocycles. The van der Waals surface area contributed by atoms with E-state index in [0.29, 0.717) is 23.4 Å². The van der Waals surface area contributed by atoms with Gasteiger partial charge in [-0.05, 0) is 65.3 Å². The molecular weight excluding hydrogens is 603 g/mol. The molecule has 0 fully saturated rings. The van der Waals surface area contributed by atoms with Crippen LogP contribution in [0, 0.1) is 5.92 Å². The highest BCUT2D eigenvalue weighted by Crippen LogP contribution is 2.38. The van der Waals surface area contributed by atoms with Gasteiger partial charge in [-0.3, -0.25) is 0 Å². The third kappa shape index (κ3) is 5.35. The van der Waals surface area contributed by atoms with E-state index >= 15 is 0 Å². The minimum atomic E-state index is 0.0989. The lowest BCUT2D eigenvalue weighted by Gasteiger charge is -2.15. The summed E-state index contributed by atoms with van der Waals surface area (Å²) in [6.45, 7) is 2.14. The highest BCUT2D eigenvalue weighted by molar-refractivity contribution is 6.12. The van der Waals surface area contributed by atoms with Gasteiger partial charge < -0.3 is 9.15 Å². The van der Waals surface area contributed by atoms with Crippen LogP contribution in [0.3, 0.4) is 0 Å². The maximum atomic E-state index is 6.43. The Morgan fingerprint density at radius 2 is 1.39 bits per heavy atom. The van der Waals surface area contributed by atoms with Crippen molar-refractivity contribution in [2.24, 2.45) is 5.92 Å². The predicted molar refractivity (Wildman–Crippen MR) is 198 cm³/mol. The van der Waals surface area contributed by atoms with Gasteiger partial charge in [-0.1, -0.05) is 121 Å². The topological polar surface area (TPSA) is 61.0 Å². The van der Waals surface area contributed by atoms with E-state index < -0.39 is 0 Å². The van der Waals surface area contributed by atoms with Crippen LogP contribution in [0.25, 0.3) is 73.0 Å². The number of rotatable bonds is 6. The van der Waals surface area contributed by atoms with Crippen LogP contribution in [0.15, 0.2) is 167 Å². The average Bonchev–Trinajstić information content (AvgIpc) is 3.69. The highest BCUT2D eigenvalue weighted by Gasteiger charge is 2.30. The fourth-order valence-electron chi connectivity index (χ4n) is 6.78. The van der Waals surface area contributed by atoms with Gasteiger partial charge in [0.1, 0.15) is 23.0 Å². The first-order valence-corrected chi connectivity index (χ1v) is 16.5. The van der Waals surface area contributed by atoms with Gasteiger partial charge in [-0.2, -0.15) is 0 Å². The molecule has 3 heterocycles. The van der Waals surface area contributed by atoms with E-state index in [1.807, 2.05) is 72.8 Å². The van der Waals surface area contributed by atoms with Crippen molar-refractivity contribution in [3.05, 3.63) is 169 Å². The van der Waals surface area contributed by atoms with Crippen molar-refractivity contribution >= 4 is 38.8 Å².